The molecule has 3 aromatic rings. The maximum atomic E-state index is 13.3. The summed E-state index contributed by atoms with van der Waals surface area (Å²) in [5, 5.41) is 0. The van der Waals surface area contributed by atoms with Gasteiger partial charge in [0.05, 0.1) is 13.1 Å². The first kappa shape index (κ1) is 22.8. The Morgan fingerprint density at radius 1 is 1.09 bits per heavy atom. The molecule has 1 aliphatic heterocycles. The second kappa shape index (κ2) is 10.0. The number of carbonyl (C=O) groups excluding carboxylic acids is 1. The average molecular weight is 445 g/mol. The van der Waals surface area contributed by atoms with Crippen LogP contribution in [-0.4, -0.2) is 34.4 Å². The first-order chi connectivity index (χ1) is 15.9. The van der Waals surface area contributed by atoms with Crippen LogP contribution in [0.4, 0.5) is 10.2 Å². The summed E-state index contributed by atoms with van der Waals surface area (Å²) >= 11 is 0. The number of anilines is 1. The summed E-state index contributed by atoms with van der Waals surface area (Å²) in [6.45, 7) is 5.83. The van der Waals surface area contributed by atoms with Crippen molar-refractivity contribution in [2.75, 3.05) is 18.5 Å². The lowest BCUT2D eigenvalue weighted by Gasteiger charge is -2.30. The average Bonchev–Trinajstić information content (AvgIpc) is 2.77. The van der Waals surface area contributed by atoms with E-state index in [2.05, 4.69) is 30.0 Å². The van der Waals surface area contributed by atoms with Gasteiger partial charge in [-0.3, -0.25) is 14.6 Å². The zero-order valence-corrected chi connectivity index (χ0v) is 19.4. The maximum absolute atomic E-state index is 13.3. The molecule has 0 bridgehead atoms. The minimum Gasteiger partial charge on any atom is -0.295 e. The molecule has 0 aliphatic carbocycles. The standard InChI is InChI=1S/C27H29FN4O/c1-19(15-21-7-5-4-6-8-21)16-31(3)18-25-29-20(2)24-13-14-26(33)32(27(24)30-25)17-22-9-11-23(28)12-10-22/h4-12,15H,13-14,16-18H2,1-3H3. The molecular formula is C27H29FN4O. The summed E-state index contributed by atoms with van der Waals surface area (Å²) in [5.41, 5.74) is 5.22. The summed E-state index contributed by atoms with van der Waals surface area (Å²) in [6.07, 6.45) is 3.26. The van der Waals surface area contributed by atoms with Gasteiger partial charge in [0, 0.05) is 24.2 Å². The summed E-state index contributed by atoms with van der Waals surface area (Å²) in [6, 6.07) is 16.5. The van der Waals surface area contributed by atoms with Crippen molar-refractivity contribution >= 4 is 17.8 Å². The molecule has 0 unspecified atom stereocenters. The molecule has 5 nitrogen and oxygen atoms in total. The Morgan fingerprint density at radius 3 is 2.55 bits per heavy atom. The number of rotatable bonds is 7. The van der Waals surface area contributed by atoms with E-state index in [4.69, 9.17) is 9.97 Å². The SMILES string of the molecule is CC(=Cc1ccccc1)CN(C)Cc1nc(C)c2c(n1)N(Cc1ccc(F)cc1)C(=O)CC2. The normalized spacial score (nSPS) is 14.0. The van der Waals surface area contributed by atoms with Crippen LogP contribution in [0.3, 0.4) is 0 Å². The smallest absolute Gasteiger partial charge is 0.228 e. The second-order valence-corrected chi connectivity index (χ2v) is 8.71. The van der Waals surface area contributed by atoms with E-state index >= 15 is 0 Å². The largest absolute Gasteiger partial charge is 0.295 e. The molecular weight excluding hydrogens is 415 g/mol. The third-order valence-corrected chi connectivity index (χ3v) is 5.78. The van der Waals surface area contributed by atoms with E-state index in [1.54, 1.807) is 17.0 Å². The van der Waals surface area contributed by atoms with Crippen molar-refractivity contribution in [3.63, 3.8) is 0 Å². The molecule has 0 saturated heterocycles. The van der Waals surface area contributed by atoms with Gasteiger partial charge >= 0.3 is 0 Å². The van der Waals surface area contributed by atoms with Gasteiger partial charge in [-0.25, -0.2) is 14.4 Å². The number of fused-ring (bicyclic) bond motifs is 1. The van der Waals surface area contributed by atoms with Crippen molar-refractivity contribution in [2.24, 2.45) is 0 Å². The number of carbonyl (C=O) groups is 1. The Balaban J connectivity index is 1.52. The van der Waals surface area contributed by atoms with Gasteiger partial charge in [-0.15, -0.1) is 0 Å². The Hall–Kier alpha value is -3.38. The zero-order chi connectivity index (χ0) is 23.4. The molecule has 1 aliphatic rings. The van der Waals surface area contributed by atoms with Crippen molar-refractivity contribution in [3.8, 4) is 0 Å². The molecule has 0 N–H and O–H groups in total. The van der Waals surface area contributed by atoms with E-state index in [0.717, 1.165) is 23.4 Å². The lowest BCUT2D eigenvalue weighted by molar-refractivity contribution is -0.119. The highest BCUT2D eigenvalue weighted by Crippen LogP contribution is 2.29. The lowest BCUT2D eigenvalue weighted by atomic mass is 10.0. The van der Waals surface area contributed by atoms with Gasteiger partial charge in [-0.1, -0.05) is 54.1 Å². The highest BCUT2D eigenvalue weighted by Gasteiger charge is 2.28. The molecule has 2 heterocycles. The Kier molecular flexibility index (Phi) is 6.94. The minimum atomic E-state index is -0.288. The highest BCUT2D eigenvalue weighted by atomic mass is 19.1. The minimum absolute atomic E-state index is 0.0332. The van der Waals surface area contributed by atoms with Crippen LogP contribution >= 0.6 is 0 Å². The van der Waals surface area contributed by atoms with Gasteiger partial charge in [0.25, 0.3) is 0 Å². The van der Waals surface area contributed by atoms with Crippen molar-refractivity contribution < 1.29 is 9.18 Å². The number of hydrogen-bond acceptors (Lipinski definition) is 4. The molecule has 33 heavy (non-hydrogen) atoms. The van der Waals surface area contributed by atoms with Gasteiger partial charge in [-0.05, 0) is 50.6 Å². The van der Waals surface area contributed by atoms with E-state index in [1.807, 2.05) is 32.2 Å². The molecule has 2 aromatic carbocycles. The number of halogens is 1. The highest BCUT2D eigenvalue weighted by molar-refractivity contribution is 5.95. The van der Waals surface area contributed by atoms with Crippen LogP contribution in [0.1, 0.15) is 41.6 Å². The quantitative estimate of drug-likeness (QED) is 0.518. The first-order valence-electron chi connectivity index (χ1n) is 11.2. The monoisotopic (exact) mass is 444 g/mol. The van der Waals surface area contributed by atoms with Gasteiger partial charge < -0.3 is 0 Å². The van der Waals surface area contributed by atoms with Crippen LogP contribution < -0.4 is 4.90 Å². The third kappa shape index (κ3) is 5.71. The second-order valence-electron chi connectivity index (χ2n) is 8.71. The third-order valence-electron chi connectivity index (χ3n) is 5.78. The first-order valence-corrected chi connectivity index (χ1v) is 11.2. The van der Waals surface area contributed by atoms with Crippen molar-refractivity contribution in [2.45, 2.75) is 39.8 Å². The van der Waals surface area contributed by atoms with Crippen molar-refractivity contribution in [1.82, 2.24) is 14.9 Å². The van der Waals surface area contributed by atoms with Gasteiger partial charge in [-0.2, -0.15) is 0 Å². The van der Waals surface area contributed by atoms with E-state index in [-0.39, 0.29) is 11.7 Å². The summed E-state index contributed by atoms with van der Waals surface area (Å²) in [4.78, 5) is 26.2. The van der Waals surface area contributed by atoms with Gasteiger partial charge in [0.15, 0.2) is 0 Å². The maximum Gasteiger partial charge on any atom is 0.228 e. The predicted octanol–water partition coefficient (Wildman–Crippen LogP) is 4.94. The van der Waals surface area contributed by atoms with Gasteiger partial charge in [0.1, 0.15) is 17.5 Å². The molecule has 0 spiro atoms. The molecule has 0 radical (unpaired) electrons. The fraction of sp³-hybridized carbons (Fsp3) is 0.296. The van der Waals surface area contributed by atoms with E-state index in [1.165, 1.54) is 23.3 Å². The van der Waals surface area contributed by atoms with Crippen LogP contribution in [-0.2, 0) is 24.3 Å². The van der Waals surface area contributed by atoms with E-state index in [0.29, 0.717) is 37.6 Å². The Morgan fingerprint density at radius 2 is 1.82 bits per heavy atom. The van der Waals surface area contributed by atoms with E-state index < -0.39 is 0 Å². The molecule has 0 saturated carbocycles. The predicted molar refractivity (Wildman–Crippen MR) is 129 cm³/mol. The zero-order valence-electron chi connectivity index (χ0n) is 19.4. The number of amides is 1. The van der Waals surface area contributed by atoms with Gasteiger partial charge in [0.2, 0.25) is 5.91 Å². The fourth-order valence-corrected chi connectivity index (χ4v) is 4.25. The fourth-order valence-electron chi connectivity index (χ4n) is 4.25. The lowest BCUT2D eigenvalue weighted by Crippen LogP contribution is -2.36. The van der Waals surface area contributed by atoms with Crippen LogP contribution in [0.25, 0.3) is 6.08 Å². The van der Waals surface area contributed by atoms with Crippen LogP contribution in [0.5, 0.6) is 0 Å². The molecule has 1 aromatic heterocycles. The molecule has 6 heteroatoms. The molecule has 4 rings (SSSR count). The van der Waals surface area contributed by atoms with Crippen LogP contribution in [0.15, 0.2) is 60.2 Å². The number of likely N-dealkylation sites (N-methyl/N-ethyl adjacent to an activating group) is 1. The summed E-state index contributed by atoms with van der Waals surface area (Å²) < 4.78 is 13.3. The summed E-state index contributed by atoms with van der Waals surface area (Å²) in [5.74, 6) is 1.12. The number of nitrogens with zero attached hydrogens (tertiary/aromatic N) is 4. The topological polar surface area (TPSA) is 49.3 Å². The molecule has 1 amide bonds. The van der Waals surface area contributed by atoms with Crippen LogP contribution in [0.2, 0.25) is 0 Å². The molecule has 0 atom stereocenters. The molecule has 0 fully saturated rings. The van der Waals surface area contributed by atoms with Crippen molar-refractivity contribution in [1.29, 1.82) is 0 Å². The Bertz CT molecular complexity index is 1160. The number of aromatic nitrogens is 2. The molecule has 170 valence electrons. The number of benzene rings is 2. The number of hydrogen-bond donors (Lipinski definition) is 0. The van der Waals surface area contributed by atoms with E-state index in [9.17, 15) is 9.18 Å². The summed E-state index contributed by atoms with van der Waals surface area (Å²) in [7, 11) is 2.04. The van der Waals surface area contributed by atoms with Crippen molar-refractivity contribution in [3.05, 3.63) is 94.2 Å². The Labute approximate surface area is 194 Å². The van der Waals surface area contributed by atoms with Crippen LogP contribution in [0, 0.1) is 12.7 Å². The number of aryl methyl sites for hydroxylation is 1.